The lowest BCUT2D eigenvalue weighted by Crippen LogP contribution is -2.25. The zero-order chi connectivity index (χ0) is 21.3. The molecule has 1 aliphatic heterocycles. The first kappa shape index (κ1) is 20.2. The quantitative estimate of drug-likeness (QED) is 0.442. The number of anilines is 1. The minimum absolute atomic E-state index is 0.0297. The molecule has 154 valence electrons. The average Bonchev–Trinajstić information content (AvgIpc) is 3.39. The van der Waals surface area contributed by atoms with Crippen LogP contribution in [0.2, 0.25) is 0 Å². The number of hydrogen-bond donors (Lipinski definition) is 0. The van der Waals surface area contributed by atoms with Gasteiger partial charge >= 0.3 is 0 Å². The van der Waals surface area contributed by atoms with Crippen molar-refractivity contribution in [1.82, 2.24) is 9.55 Å². The molecule has 0 saturated heterocycles. The number of thioether (sulfide) groups is 1. The Morgan fingerprint density at radius 2 is 1.93 bits per heavy atom. The fourth-order valence-corrected chi connectivity index (χ4v) is 4.61. The van der Waals surface area contributed by atoms with Crippen LogP contribution < -0.4 is 9.64 Å². The van der Waals surface area contributed by atoms with Crippen molar-refractivity contribution in [1.29, 1.82) is 0 Å². The second kappa shape index (κ2) is 8.36. The number of aromatic nitrogens is 2. The summed E-state index contributed by atoms with van der Waals surface area (Å²) in [6.07, 6.45) is 4.39. The van der Waals surface area contributed by atoms with Crippen LogP contribution in [0.4, 0.5) is 5.69 Å². The molecular formula is C23H23N3O3S. The standard InChI is InChI=1S/C23H23N3O3S/c1-15(22(28)18-4-9-21-17(14-18)10-12-25(21)16(2)27)30-23-24-11-13-26(23)19-5-7-20(29-3)8-6-19/h4-9,11,13-15H,10,12H2,1-3H3/t15-/m1/s1. The summed E-state index contributed by atoms with van der Waals surface area (Å²) in [5.74, 6) is 0.868. The van der Waals surface area contributed by atoms with Crippen molar-refractivity contribution < 1.29 is 14.3 Å². The zero-order valence-electron chi connectivity index (χ0n) is 17.2. The number of hydrogen-bond acceptors (Lipinski definition) is 5. The number of carbonyl (C=O) groups is 2. The normalized spacial score (nSPS) is 13.8. The summed E-state index contributed by atoms with van der Waals surface area (Å²) in [6.45, 7) is 4.14. The van der Waals surface area contributed by atoms with E-state index in [1.54, 1.807) is 25.1 Å². The molecule has 1 aliphatic rings. The first-order valence-electron chi connectivity index (χ1n) is 9.77. The Morgan fingerprint density at radius 3 is 2.63 bits per heavy atom. The molecule has 1 aromatic heterocycles. The molecule has 0 N–H and O–H groups in total. The Morgan fingerprint density at radius 1 is 1.17 bits per heavy atom. The number of ether oxygens (including phenoxy) is 1. The summed E-state index contributed by atoms with van der Waals surface area (Å²) in [7, 11) is 1.64. The maximum Gasteiger partial charge on any atom is 0.223 e. The SMILES string of the molecule is COc1ccc(-n2ccnc2S[C@H](C)C(=O)c2ccc3c(c2)CCN3C(C)=O)cc1. The van der Waals surface area contributed by atoms with E-state index >= 15 is 0 Å². The molecule has 4 rings (SSSR count). The number of benzene rings is 2. The van der Waals surface area contributed by atoms with E-state index < -0.39 is 0 Å². The van der Waals surface area contributed by atoms with E-state index in [0.29, 0.717) is 12.1 Å². The maximum atomic E-state index is 13.1. The van der Waals surface area contributed by atoms with Crippen molar-refractivity contribution >= 4 is 29.1 Å². The number of Topliss-reactive ketones (excluding diaryl/α,β-unsaturated/α-hetero) is 1. The minimum atomic E-state index is -0.298. The lowest BCUT2D eigenvalue weighted by atomic mass is 10.0. The highest BCUT2D eigenvalue weighted by atomic mass is 32.2. The van der Waals surface area contributed by atoms with Gasteiger partial charge in [-0.1, -0.05) is 11.8 Å². The fraction of sp³-hybridized carbons (Fsp3) is 0.261. The van der Waals surface area contributed by atoms with Crippen LogP contribution in [0, 0.1) is 0 Å². The lowest BCUT2D eigenvalue weighted by molar-refractivity contribution is -0.116. The smallest absolute Gasteiger partial charge is 0.223 e. The second-order valence-electron chi connectivity index (χ2n) is 7.17. The van der Waals surface area contributed by atoms with Gasteiger partial charge in [0, 0.05) is 42.8 Å². The molecular weight excluding hydrogens is 398 g/mol. The molecule has 1 amide bonds. The molecule has 1 atom stereocenters. The molecule has 0 spiro atoms. The van der Waals surface area contributed by atoms with Crippen LogP contribution in [0.5, 0.6) is 5.75 Å². The Bertz CT molecular complexity index is 1090. The van der Waals surface area contributed by atoms with Gasteiger partial charge in [0.2, 0.25) is 5.91 Å². The van der Waals surface area contributed by atoms with Crippen LogP contribution in [-0.2, 0) is 11.2 Å². The predicted molar refractivity (Wildman–Crippen MR) is 118 cm³/mol. The third-order valence-electron chi connectivity index (χ3n) is 5.25. The molecule has 6 nitrogen and oxygen atoms in total. The first-order valence-corrected chi connectivity index (χ1v) is 10.7. The number of imidazole rings is 1. The minimum Gasteiger partial charge on any atom is -0.497 e. The highest BCUT2D eigenvalue weighted by molar-refractivity contribution is 8.00. The number of methoxy groups -OCH3 is 1. The number of amides is 1. The van der Waals surface area contributed by atoms with Crippen LogP contribution in [0.1, 0.15) is 29.8 Å². The highest BCUT2D eigenvalue weighted by Gasteiger charge is 2.25. The fourth-order valence-electron chi connectivity index (χ4n) is 3.64. The van der Waals surface area contributed by atoms with Crippen molar-refractivity contribution in [3.63, 3.8) is 0 Å². The molecule has 0 fully saturated rings. The van der Waals surface area contributed by atoms with Crippen LogP contribution in [-0.4, -0.2) is 40.1 Å². The van der Waals surface area contributed by atoms with Crippen molar-refractivity contribution in [3.05, 3.63) is 66.0 Å². The summed E-state index contributed by atoms with van der Waals surface area (Å²) >= 11 is 1.43. The summed E-state index contributed by atoms with van der Waals surface area (Å²) < 4.78 is 7.18. The molecule has 2 heterocycles. The van der Waals surface area contributed by atoms with Crippen molar-refractivity contribution in [3.8, 4) is 11.4 Å². The maximum absolute atomic E-state index is 13.1. The Hall–Kier alpha value is -3.06. The highest BCUT2D eigenvalue weighted by Crippen LogP contribution is 2.31. The summed E-state index contributed by atoms with van der Waals surface area (Å²) in [5, 5.41) is 0.456. The van der Waals surface area contributed by atoms with E-state index in [4.69, 9.17) is 4.74 Å². The van der Waals surface area contributed by atoms with Gasteiger partial charge in [0.25, 0.3) is 0 Å². The van der Waals surface area contributed by atoms with Gasteiger partial charge in [-0.05, 0) is 61.4 Å². The number of fused-ring (bicyclic) bond motifs is 1. The van der Waals surface area contributed by atoms with E-state index in [2.05, 4.69) is 4.98 Å². The molecule has 0 unspecified atom stereocenters. The summed E-state index contributed by atoms with van der Waals surface area (Å²) in [5.41, 5.74) is 3.58. The third kappa shape index (κ3) is 3.85. The van der Waals surface area contributed by atoms with Crippen LogP contribution >= 0.6 is 11.8 Å². The number of ketones is 1. The average molecular weight is 422 g/mol. The van der Waals surface area contributed by atoms with Gasteiger partial charge in [0.05, 0.1) is 12.4 Å². The molecule has 30 heavy (non-hydrogen) atoms. The van der Waals surface area contributed by atoms with Gasteiger partial charge in [-0.15, -0.1) is 0 Å². The number of nitrogens with zero attached hydrogens (tertiary/aromatic N) is 3. The van der Waals surface area contributed by atoms with Crippen molar-refractivity contribution in [2.75, 3.05) is 18.6 Å². The van der Waals surface area contributed by atoms with Gasteiger partial charge in [-0.2, -0.15) is 0 Å². The Labute approximate surface area is 179 Å². The molecule has 7 heteroatoms. The Kier molecular flexibility index (Phi) is 5.63. The molecule has 2 aromatic carbocycles. The predicted octanol–water partition coefficient (Wildman–Crippen LogP) is 4.15. The molecule has 0 bridgehead atoms. The first-order chi connectivity index (χ1) is 14.5. The second-order valence-corrected chi connectivity index (χ2v) is 8.47. The van der Waals surface area contributed by atoms with Gasteiger partial charge in [-0.3, -0.25) is 14.2 Å². The topological polar surface area (TPSA) is 64.4 Å². The van der Waals surface area contributed by atoms with Crippen molar-refractivity contribution in [2.45, 2.75) is 30.7 Å². The van der Waals surface area contributed by atoms with Crippen LogP contribution in [0.25, 0.3) is 5.69 Å². The molecule has 0 saturated carbocycles. The van der Waals surface area contributed by atoms with Gasteiger partial charge in [0.15, 0.2) is 10.9 Å². The number of rotatable bonds is 6. The van der Waals surface area contributed by atoms with E-state index in [0.717, 1.165) is 34.3 Å². The largest absolute Gasteiger partial charge is 0.497 e. The molecule has 0 aliphatic carbocycles. The van der Waals surface area contributed by atoms with Crippen LogP contribution in [0.15, 0.2) is 60.0 Å². The summed E-state index contributed by atoms with van der Waals surface area (Å²) in [4.78, 5) is 31.0. The zero-order valence-corrected chi connectivity index (χ0v) is 18.0. The van der Waals surface area contributed by atoms with E-state index in [1.165, 1.54) is 11.8 Å². The van der Waals surface area contributed by atoms with E-state index in [-0.39, 0.29) is 16.9 Å². The Balaban J connectivity index is 1.51. The third-order valence-corrected chi connectivity index (χ3v) is 6.33. The monoisotopic (exact) mass is 421 g/mol. The van der Waals surface area contributed by atoms with Crippen molar-refractivity contribution in [2.24, 2.45) is 0 Å². The van der Waals surface area contributed by atoms with E-state index in [1.807, 2.05) is 60.2 Å². The van der Waals surface area contributed by atoms with Crippen LogP contribution in [0.3, 0.4) is 0 Å². The van der Waals surface area contributed by atoms with Gasteiger partial charge in [0.1, 0.15) is 5.75 Å². The lowest BCUT2D eigenvalue weighted by Gasteiger charge is -2.16. The van der Waals surface area contributed by atoms with E-state index in [9.17, 15) is 9.59 Å². The number of carbonyl (C=O) groups excluding carboxylic acids is 2. The summed E-state index contributed by atoms with van der Waals surface area (Å²) in [6, 6.07) is 13.3. The molecule has 0 radical (unpaired) electrons. The molecule has 3 aromatic rings. The van der Waals surface area contributed by atoms with Gasteiger partial charge in [-0.25, -0.2) is 4.98 Å². The van der Waals surface area contributed by atoms with Gasteiger partial charge < -0.3 is 9.64 Å².